The first-order chi connectivity index (χ1) is 6.67. The Morgan fingerprint density at radius 2 is 2.36 bits per heavy atom. The summed E-state index contributed by atoms with van der Waals surface area (Å²) in [6.45, 7) is 0.712. The van der Waals surface area contributed by atoms with Crippen LogP contribution in [-0.2, 0) is 14.2 Å². The van der Waals surface area contributed by atoms with Crippen LogP contribution in [0.4, 0.5) is 0 Å². The Morgan fingerprint density at radius 1 is 1.57 bits per heavy atom. The molecule has 0 aromatic heterocycles. The molecule has 14 heavy (non-hydrogen) atoms. The Morgan fingerprint density at radius 3 is 3.00 bits per heavy atom. The number of thioether (sulfide) groups is 1. The summed E-state index contributed by atoms with van der Waals surface area (Å²) < 4.78 is 16.9. The quantitative estimate of drug-likeness (QED) is 0.610. The molecule has 3 unspecified atom stereocenters. The molecule has 0 spiro atoms. The summed E-state index contributed by atoms with van der Waals surface area (Å²) in [6, 6.07) is 0.353. The first kappa shape index (κ1) is 9.52. The van der Waals surface area contributed by atoms with Gasteiger partial charge in [0.05, 0.1) is 6.61 Å². The van der Waals surface area contributed by atoms with Gasteiger partial charge in [-0.2, -0.15) is 0 Å². The van der Waals surface area contributed by atoms with Crippen LogP contribution in [0.15, 0.2) is 0 Å². The van der Waals surface area contributed by atoms with Crippen molar-refractivity contribution >= 4 is 19.6 Å². The summed E-state index contributed by atoms with van der Waals surface area (Å²) in [5.41, 5.74) is -0.0277. The van der Waals surface area contributed by atoms with E-state index >= 15 is 0 Å². The molecular weight excluding hydrogens is 199 g/mol. The van der Waals surface area contributed by atoms with Gasteiger partial charge >= 0.3 is 0 Å². The molecule has 2 saturated heterocycles. The summed E-state index contributed by atoms with van der Waals surface area (Å²) in [7, 11) is 5.71. The Hall–Kier alpha value is 0.295. The predicted molar refractivity (Wildman–Crippen MR) is 57.3 cm³/mol. The molecule has 0 bridgehead atoms. The fourth-order valence-corrected chi connectivity index (χ4v) is 5.40. The minimum atomic E-state index is -0.0277. The van der Waals surface area contributed by atoms with Crippen molar-refractivity contribution < 1.29 is 14.2 Å². The lowest BCUT2D eigenvalue weighted by atomic mass is 9.64. The Bertz CT molecular complexity index is 277. The van der Waals surface area contributed by atoms with Gasteiger partial charge in [-0.15, -0.1) is 11.8 Å². The molecule has 0 aromatic rings. The highest BCUT2D eigenvalue weighted by Crippen LogP contribution is 2.74. The van der Waals surface area contributed by atoms with Gasteiger partial charge in [-0.1, -0.05) is 0 Å². The molecule has 3 fully saturated rings. The highest BCUT2D eigenvalue weighted by Gasteiger charge is 2.80. The summed E-state index contributed by atoms with van der Waals surface area (Å²) in [6.07, 6.45) is 0.987. The molecule has 2 heterocycles. The van der Waals surface area contributed by atoms with Gasteiger partial charge in [-0.25, -0.2) is 0 Å². The van der Waals surface area contributed by atoms with Crippen molar-refractivity contribution in [3.63, 3.8) is 0 Å². The highest BCUT2D eigenvalue weighted by atomic mass is 32.2. The second-order valence-electron chi connectivity index (χ2n) is 4.57. The number of hydrogen-bond donors (Lipinski definition) is 0. The third-order valence-corrected chi connectivity index (χ3v) is 5.76. The van der Waals surface area contributed by atoms with Crippen LogP contribution in [0.2, 0.25) is 0 Å². The maximum Gasteiger partial charge on any atom is 0.140 e. The average Bonchev–Trinajstić information content (AvgIpc) is 2.23. The van der Waals surface area contributed by atoms with Crippen molar-refractivity contribution in [3.05, 3.63) is 0 Å². The summed E-state index contributed by atoms with van der Waals surface area (Å²) in [4.78, 5) is 0.0634. The van der Waals surface area contributed by atoms with Crippen LogP contribution in [0.5, 0.6) is 0 Å². The maximum atomic E-state index is 6.04. The highest BCUT2D eigenvalue weighted by molar-refractivity contribution is 8.02. The molecule has 0 radical (unpaired) electrons. The van der Waals surface area contributed by atoms with Crippen LogP contribution in [0.25, 0.3) is 0 Å². The van der Waals surface area contributed by atoms with Gasteiger partial charge in [-0.3, -0.25) is 0 Å². The third kappa shape index (κ3) is 0.837. The Labute approximate surface area is 89.3 Å². The lowest BCUT2D eigenvalue weighted by molar-refractivity contribution is -0.213. The number of methoxy groups -OCH3 is 2. The van der Waals surface area contributed by atoms with E-state index in [1.165, 1.54) is 0 Å². The standard InChI is InChI=1S/C9H15BO3S/c1-11-4-8-3-9(12-2)6(8)5(14-9)7(10)13-8/h5-7H,3-4,10H2,1-2H3/t5?,6?,7-,8-,9?/m1/s1. The molecule has 3 nitrogen and oxygen atoms in total. The molecule has 0 N–H and O–H groups in total. The van der Waals surface area contributed by atoms with E-state index in [9.17, 15) is 0 Å². The van der Waals surface area contributed by atoms with E-state index in [0.29, 0.717) is 23.8 Å². The molecule has 5 atom stereocenters. The lowest BCUT2D eigenvalue weighted by Gasteiger charge is -2.65. The number of rotatable bonds is 3. The van der Waals surface area contributed by atoms with Crippen molar-refractivity contribution in [3.8, 4) is 0 Å². The van der Waals surface area contributed by atoms with E-state index in [1.807, 2.05) is 18.9 Å². The van der Waals surface area contributed by atoms with Crippen molar-refractivity contribution in [2.24, 2.45) is 5.92 Å². The van der Waals surface area contributed by atoms with Crippen molar-refractivity contribution in [2.45, 2.75) is 28.2 Å². The van der Waals surface area contributed by atoms with Gasteiger partial charge in [0.2, 0.25) is 0 Å². The molecule has 5 heteroatoms. The van der Waals surface area contributed by atoms with E-state index in [4.69, 9.17) is 14.2 Å². The van der Waals surface area contributed by atoms with Crippen LogP contribution in [-0.4, -0.2) is 50.5 Å². The zero-order chi connectivity index (χ0) is 9.97. The molecule has 0 aromatic carbocycles. The number of ether oxygens (including phenoxy) is 3. The molecule has 0 amide bonds. The molecule has 1 aliphatic carbocycles. The number of hydrogen-bond acceptors (Lipinski definition) is 4. The minimum Gasteiger partial charge on any atom is -0.382 e. The first-order valence-corrected chi connectivity index (χ1v) is 5.95. The largest absolute Gasteiger partial charge is 0.382 e. The molecule has 3 aliphatic rings. The van der Waals surface area contributed by atoms with Gasteiger partial charge in [0, 0.05) is 37.8 Å². The van der Waals surface area contributed by atoms with Crippen LogP contribution in [0.3, 0.4) is 0 Å². The van der Waals surface area contributed by atoms with Gasteiger partial charge in [0.25, 0.3) is 0 Å². The van der Waals surface area contributed by atoms with E-state index in [0.717, 1.165) is 6.42 Å². The van der Waals surface area contributed by atoms with Crippen LogP contribution >= 0.6 is 11.8 Å². The van der Waals surface area contributed by atoms with Crippen molar-refractivity contribution in [2.75, 3.05) is 20.8 Å². The van der Waals surface area contributed by atoms with Gasteiger partial charge < -0.3 is 14.2 Å². The topological polar surface area (TPSA) is 27.7 Å². The van der Waals surface area contributed by atoms with Crippen LogP contribution < -0.4 is 0 Å². The smallest absolute Gasteiger partial charge is 0.140 e. The van der Waals surface area contributed by atoms with Crippen molar-refractivity contribution in [1.82, 2.24) is 0 Å². The van der Waals surface area contributed by atoms with Crippen LogP contribution in [0, 0.1) is 5.92 Å². The minimum absolute atomic E-state index is 0.0277. The molecular formula is C9H15BO3S. The van der Waals surface area contributed by atoms with Crippen LogP contribution in [0.1, 0.15) is 6.42 Å². The van der Waals surface area contributed by atoms with E-state index in [2.05, 4.69) is 7.85 Å². The summed E-state index contributed by atoms with van der Waals surface area (Å²) in [5.74, 6) is 0.556. The van der Waals surface area contributed by atoms with Gasteiger partial charge in [0.15, 0.2) is 0 Å². The fourth-order valence-electron chi connectivity index (χ4n) is 3.38. The third-order valence-electron chi connectivity index (χ3n) is 3.87. The molecule has 2 aliphatic heterocycles. The Kier molecular flexibility index (Phi) is 1.83. The second-order valence-corrected chi connectivity index (χ2v) is 6.04. The predicted octanol–water partition coefficient (Wildman–Crippen LogP) is -0.161. The lowest BCUT2D eigenvalue weighted by Crippen LogP contribution is -2.73. The zero-order valence-corrected chi connectivity index (χ0v) is 9.60. The van der Waals surface area contributed by atoms with Gasteiger partial charge in [-0.05, 0) is 0 Å². The van der Waals surface area contributed by atoms with E-state index < -0.39 is 0 Å². The maximum absolute atomic E-state index is 6.04. The summed E-state index contributed by atoms with van der Waals surface area (Å²) >= 11 is 1.94. The van der Waals surface area contributed by atoms with Gasteiger partial charge in [0.1, 0.15) is 18.4 Å². The second kappa shape index (κ2) is 2.70. The van der Waals surface area contributed by atoms with E-state index in [1.54, 1.807) is 7.11 Å². The first-order valence-electron chi connectivity index (χ1n) is 5.07. The van der Waals surface area contributed by atoms with E-state index in [-0.39, 0.29) is 10.5 Å². The zero-order valence-electron chi connectivity index (χ0n) is 8.78. The summed E-state index contributed by atoms with van der Waals surface area (Å²) in [5, 5.41) is 0.624. The SMILES string of the molecule is B[C@@H]1O[C@@]2(COC)CC3(OC)SC1C32. The molecule has 78 valence electrons. The molecule has 3 rings (SSSR count). The molecule has 1 saturated carbocycles. The fraction of sp³-hybridized carbons (Fsp3) is 1.00. The average molecular weight is 214 g/mol. The monoisotopic (exact) mass is 214 g/mol. The van der Waals surface area contributed by atoms with Crippen molar-refractivity contribution in [1.29, 1.82) is 0 Å². The Balaban J connectivity index is 1.85. The normalized spacial score (nSPS) is 58.9.